The Bertz CT molecular complexity index is 1380. The molecule has 120 valence electrons. The fourth-order valence-corrected chi connectivity index (χ4v) is 3.86. The fourth-order valence-electron chi connectivity index (χ4n) is 3.50. The average molecular weight is 391 g/mol. The maximum absolute atomic E-state index is 13.1. The van der Waals surface area contributed by atoms with Crippen molar-refractivity contribution in [3.8, 4) is 11.1 Å². The molecule has 0 atom stereocenters. The normalized spacial score (nSPS) is 11.7. The second-order valence-corrected chi connectivity index (χ2v) is 6.88. The van der Waals surface area contributed by atoms with Gasteiger partial charge in [0.15, 0.2) is 0 Å². The molecule has 0 aliphatic heterocycles. The molecule has 0 aliphatic carbocycles. The minimum absolute atomic E-state index is 0.285. The van der Waals surface area contributed by atoms with Gasteiger partial charge in [-0.3, -0.25) is 9.59 Å². The van der Waals surface area contributed by atoms with Gasteiger partial charge in [0.05, 0.1) is 21.8 Å². The van der Waals surface area contributed by atoms with Crippen molar-refractivity contribution < 1.29 is 0 Å². The lowest BCUT2D eigenvalue weighted by molar-refractivity contribution is 0.841. The molecule has 0 bridgehead atoms. The van der Waals surface area contributed by atoms with Crippen molar-refractivity contribution in [2.45, 2.75) is 0 Å². The van der Waals surface area contributed by atoms with E-state index in [0.717, 1.165) is 26.6 Å². The lowest BCUT2D eigenvalue weighted by Gasteiger charge is -2.02. The van der Waals surface area contributed by atoms with Gasteiger partial charge in [-0.05, 0) is 35.4 Å². The summed E-state index contributed by atoms with van der Waals surface area (Å²) in [6.45, 7) is 0. The molecule has 25 heavy (non-hydrogen) atoms. The van der Waals surface area contributed by atoms with Crippen LogP contribution in [0.25, 0.3) is 32.9 Å². The Morgan fingerprint density at radius 3 is 2.32 bits per heavy atom. The van der Waals surface area contributed by atoms with Gasteiger partial charge in [-0.15, -0.1) is 0 Å². The Hall–Kier alpha value is -2.92. The van der Waals surface area contributed by atoms with Crippen molar-refractivity contribution >= 4 is 37.7 Å². The third-order valence-electron chi connectivity index (χ3n) is 4.57. The van der Waals surface area contributed by atoms with E-state index >= 15 is 0 Å². The van der Waals surface area contributed by atoms with Crippen molar-refractivity contribution in [1.29, 1.82) is 0 Å². The van der Waals surface area contributed by atoms with Gasteiger partial charge in [0.25, 0.3) is 11.1 Å². The second kappa shape index (κ2) is 5.04. The Balaban J connectivity index is 2.05. The lowest BCUT2D eigenvalue weighted by atomic mass is 10.0. The molecule has 0 N–H and O–H groups in total. The number of rotatable bonds is 1. The van der Waals surface area contributed by atoms with E-state index in [2.05, 4.69) is 15.9 Å². The molecule has 0 saturated heterocycles. The summed E-state index contributed by atoms with van der Waals surface area (Å²) in [5.41, 5.74) is 2.68. The molecule has 3 aromatic carbocycles. The zero-order valence-electron chi connectivity index (χ0n) is 12.9. The number of fused-ring (bicyclic) bond motifs is 5. The van der Waals surface area contributed by atoms with Crippen molar-refractivity contribution in [3.05, 3.63) is 91.9 Å². The number of aromatic nitrogens is 2. The molecule has 0 saturated carbocycles. The minimum atomic E-state index is -0.295. The van der Waals surface area contributed by atoms with Gasteiger partial charge < -0.3 is 0 Å². The van der Waals surface area contributed by atoms with Gasteiger partial charge in [-0.1, -0.05) is 58.4 Å². The first-order valence-corrected chi connectivity index (χ1v) is 8.63. The van der Waals surface area contributed by atoms with Crippen LogP contribution in [0.15, 0.2) is 80.8 Å². The highest BCUT2D eigenvalue weighted by molar-refractivity contribution is 9.10. The van der Waals surface area contributed by atoms with Crippen LogP contribution in [0.2, 0.25) is 0 Å². The van der Waals surface area contributed by atoms with Gasteiger partial charge >= 0.3 is 0 Å². The van der Waals surface area contributed by atoms with Crippen molar-refractivity contribution in [2.24, 2.45) is 0 Å². The molecule has 2 heterocycles. The standard InChI is InChI=1S/C20H11BrN2O2/c21-13-9-10-16-15(11-13)19(24)23-20(25)18-14(12-5-2-1-3-6-12)7-4-8-17(18)22(16)23/h1-11H. The summed E-state index contributed by atoms with van der Waals surface area (Å²) >= 11 is 3.39. The molecule has 0 amide bonds. The molecule has 0 fully saturated rings. The van der Waals surface area contributed by atoms with Crippen molar-refractivity contribution in [1.82, 2.24) is 9.03 Å². The Morgan fingerprint density at radius 1 is 0.720 bits per heavy atom. The quantitative estimate of drug-likeness (QED) is 0.435. The van der Waals surface area contributed by atoms with Gasteiger partial charge in [-0.25, -0.2) is 4.52 Å². The molecule has 0 spiro atoms. The van der Waals surface area contributed by atoms with Crippen LogP contribution in [-0.2, 0) is 0 Å². The maximum atomic E-state index is 13.1. The highest BCUT2D eigenvalue weighted by Crippen LogP contribution is 2.28. The third kappa shape index (κ3) is 1.87. The van der Waals surface area contributed by atoms with Gasteiger partial charge in [-0.2, -0.15) is 4.52 Å². The van der Waals surface area contributed by atoms with E-state index in [9.17, 15) is 9.59 Å². The molecule has 0 aliphatic rings. The van der Waals surface area contributed by atoms with E-state index in [1.807, 2.05) is 60.7 Å². The highest BCUT2D eigenvalue weighted by atomic mass is 79.9. The number of halogens is 1. The van der Waals surface area contributed by atoms with Crippen molar-refractivity contribution in [2.75, 3.05) is 0 Å². The summed E-state index contributed by atoms with van der Waals surface area (Å²) in [7, 11) is 0. The van der Waals surface area contributed by atoms with Gasteiger partial charge in [0.1, 0.15) is 0 Å². The largest absolute Gasteiger partial charge is 0.283 e. The van der Waals surface area contributed by atoms with Crippen LogP contribution in [0.1, 0.15) is 0 Å². The first-order chi connectivity index (χ1) is 12.2. The van der Waals surface area contributed by atoms with Crippen molar-refractivity contribution in [3.63, 3.8) is 0 Å². The van der Waals surface area contributed by atoms with Crippen LogP contribution in [0.4, 0.5) is 0 Å². The van der Waals surface area contributed by atoms with Crippen LogP contribution >= 0.6 is 15.9 Å². The van der Waals surface area contributed by atoms with Crippen LogP contribution < -0.4 is 11.1 Å². The van der Waals surface area contributed by atoms with Crippen LogP contribution in [0, 0.1) is 0 Å². The fraction of sp³-hybridized carbons (Fsp3) is 0. The zero-order valence-corrected chi connectivity index (χ0v) is 14.5. The van der Waals surface area contributed by atoms with E-state index < -0.39 is 0 Å². The molecule has 5 rings (SSSR count). The average Bonchev–Trinajstić information content (AvgIpc) is 3.10. The number of hydrogen-bond donors (Lipinski definition) is 0. The monoisotopic (exact) mass is 390 g/mol. The number of benzene rings is 3. The topological polar surface area (TPSA) is 43.0 Å². The molecule has 5 aromatic rings. The smallest absolute Gasteiger partial charge is 0.267 e. The summed E-state index contributed by atoms with van der Waals surface area (Å²) in [6.07, 6.45) is 0. The predicted octanol–water partition coefficient (Wildman–Crippen LogP) is 3.93. The molecule has 0 unspecified atom stereocenters. The van der Waals surface area contributed by atoms with E-state index in [0.29, 0.717) is 10.8 Å². The summed E-state index contributed by atoms with van der Waals surface area (Å²) < 4.78 is 3.76. The van der Waals surface area contributed by atoms with Crippen LogP contribution in [0.3, 0.4) is 0 Å². The maximum Gasteiger partial charge on any atom is 0.283 e. The first-order valence-electron chi connectivity index (χ1n) is 7.83. The Labute approximate surface area is 150 Å². The third-order valence-corrected chi connectivity index (χ3v) is 5.06. The summed E-state index contributed by atoms with van der Waals surface area (Å²) in [5, 5.41) is 1.09. The second-order valence-electron chi connectivity index (χ2n) is 5.96. The highest BCUT2D eigenvalue weighted by Gasteiger charge is 2.19. The summed E-state index contributed by atoms with van der Waals surface area (Å²) in [5.74, 6) is 0. The van der Waals surface area contributed by atoms with Crippen LogP contribution in [-0.4, -0.2) is 9.03 Å². The number of hydrogen-bond acceptors (Lipinski definition) is 2. The molecule has 5 heteroatoms. The van der Waals surface area contributed by atoms with E-state index in [1.165, 1.54) is 4.52 Å². The first kappa shape index (κ1) is 14.4. The SMILES string of the molecule is O=c1c2cc(Br)ccc2n2c3cccc(-c4ccccc4)c3c(=O)n12. The van der Waals surface area contributed by atoms with Crippen LogP contribution in [0.5, 0.6) is 0 Å². The summed E-state index contributed by atoms with van der Waals surface area (Å²) in [4.78, 5) is 25.9. The molecular formula is C20H11BrN2O2. The van der Waals surface area contributed by atoms with Gasteiger partial charge in [0, 0.05) is 4.47 Å². The molecule has 0 radical (unpaired) electrons. The van der Waals surface area contributed by atoms with E-state index in [1.54, 1.807) is 10.6 Å². The van der Waals surface area contributed by atoms with Gasteiger partial charge in [0.2, 0.25) is 0 Å². The Morgan fingerprint density at radius 2 is 1.52 bits per heavy atom. The van der Waals surface area contributed by atoms with E-state index in [-0.39, 0.29) is 11.1 Å². The molecule has 4 nitrogen and oxygen atoms in total. The predicted molar refractivity (Wildman–Crippen MR) is 103 cm³/mol. The lowest BCUT2D eigenvalue weighted by Crippen LogP contribution is -2.21. The van der Waals surface area contributed by atoms with E-state index in [4.69, 9.17) is 0 Å². The minimum Gasteiger partial charge on any atom is -0.267 e. The number of nitrogens with zero attached hydrogens (tertiary/aromatic N) is 2. The summed E-state index contributed by atoms with van der Waals surface area (Å²) in [6, 6.07) is 20.9. The molecular weight excluding hydrogens is 380 g/mol. The zero-order chi connectivity index (χ0) is 17.1. The molecule has 2 aromatic heterocycles. The Kier molecular flexibility index (Phi) is 2.91.